The van der Waals surface area contributed by atoms with Crippen LogP contribution in [0.15, 0.2) is 29.3 Å². The third-order valence-electron chi connectivity index (χ3n) is 5.90. The number of morpholine rings is 1. The fourth-order valence-corrected chi connectivity index (χ4v) is 4.01. The summed E-state index contributed by atoms with van der Waals surface area (Å²) in [5.41, 5.74) is 2.61. The van der Waals surface area contributed by atoms with Gasteiger partial charge in [0.25, 0.3) is 0 Å². The summed E-state index contributed by atoms with van der Waals surface area (Å²) in [5, 5.41) is 7.05. The molecule has 3 rings (SSSR count). The fourth-order valence-electron chi connectivity index (χ4n) is 4.01. The molecule has 29 heavy (non-hydrogen) atoms. The Morgan fingerprint density at radius 3 is 2.34 bits per heavy atom. The Kier molecular flexibility index (Phi) is 8.77. The third kappa shape index (κ3) is 7.28. The van der Waals surface area contributed by atoms with Gasteiger partial charge in [0.05, 0.1) is 19.8 Å². The van der Waals surface area contributed by atoms with Crippen molar-refractivity contribution in [3.63, 3.8) is 0 Å². The summed E-state index contributed by atoms with van der Waals surface area (Å²) in [6.45, 7) is 15.4. The van der Waals surface area contributed by atoms with E-state index in [9.17, 15) is 0 Å². The molecule has 2 fully saturated rings. The predicted molar refractivity (Wildman–Crippen MR) is 120 cm³/mol. The van der Waals surface area contributed by atoms with Crippen molar-refractivity contribution < 1.29 is 4.74 Å². The molecule has 2 saturated heterocycles. The molecular formula is C23H39N5O. The van der Waals surface area contributed by atoms with Gasteiger partial charge in [-0.05, 0) is 44.7 Å². The van der Waals surface area contributed by atoms with Gasteiger partial charge in [-0.2, -0.15) is 0 Å². The first kappa shape index (κ1) is 22.1. The van der Waals surface area contributed by atoms with E-state index in [-0.39, 0.29) is 0 Å². The van der Waals surface area contributed by atoms with Crippen LogP contribution in [0.5, 0.6) is 0 Å². The van der Waals surface area contributed by atoms with E-state index in [4.69, 9.17) is 9.73 Å². The van der Waals surface area contributed by atoms with Crippen LogP contribution < -0.4 is 10.6 Å². The van der Waals surface area contributed by atoms with E-state index in [1.54, 1.807) is 0 Å². The topological polar surface area (TPSA) is 52.1 Å². The van der Waals surface area contributed by atoms with E-state index in [1.807, 2.05) is 0 Å². The first-order valence-corrected chi connectivity index (χ1v) is 11.3. The molecule has 162 valence electrons. The number of hydrogen-bond donors (Lipinski definition) is 2. The van der Waals surface area contributed by atoms with Crippen molar-refractivity contribution in [2.75, 3.05) is 45.9 Å². The van der Waals surface area contributed by atoms with Gasteiger partial charge < -0.3 is 20.3 Å². The van der Waals surface area contributed by atoms with Crippen molar-refractivity contribution in [2.45, 2.75) is 58.8 Å². The smallest absolute Gasteiger partial charge is 0.191 e. The minimum absolute atomic E-state index is 0.513. The van der Waals surface area contributed by atoms with Crippen molar-refractivity contribution in [3.05, 3.63) is 35.4 Å². The first-order valence-electron chi connectivity index (χ1n) is 11.3. The molecule has 0 atom stereocenters. The summed E-state index contributed by atoms with van der Waals surface area (Å²) < 4.78 is 5.43. The molecule has 0 saturated carbocycles. The maximum Gasteiger partial charge on any atom is 0.191 e. The Morgan fingerprint density at radius 2 is 1.72 bits per heavy atom. The molecule has 0 amide bonds. The second kappa shape index (κ2) is 11.5. The molecule has 0 radical (unpaired) electrons. The van der Waals surface area contributed by atoms with Crippen LogP contribution in [-0.2, 0) is 17.8 Å². The van der Waals surface area contributed by atoms with Crippen LogP contribution in [0.1, 0.15) is 44.7 Å². The molecular weight excluding hydrogens is 362 g/mol. The van der Waals surface area contributed by atoms with E-state index >= 15 is 0 Å². The number of benzene rings is 1. The van der Waals surface area contributed by atoms with Gasteiger partial charge in [0.2, 0.25) is 0 Å². The molecule has 0 spiro atoms. The van der Waals surface area contributed by atoms with Crippen molar-refractivity contribution in [1.29, 1.82) is 0 Å². The van der Waals surface area contributed by atoms with Gasteiger partial charge in [0, 0.05) is 51.4 Å². The number of rotatable bonds is 7. The Hall–Kier alpha value is -1.63. The van der Waals surface area contributed by atoms with Crippen LogP contribution >= 0.6 is 0 Å². The molecule has 2 aliphatic heterocycles. The van der Waals surface area contributed by atoms with Crippen LogP contribution in [0.25, 0.3) is 0 Å². The number of hydrogen-bond acceptors (Lipinski definition) is 4. The molecule has 2 N–H and O–H groups in total. The van der Waals surface area contributed by atoms with E-state index in [2.05, 4.69) is 65.5 Å². The lowest BCUT2D eigenvalue weighted by molar-refractivity contribution is 0.0342. The van der Waals surface area contributed by atoms with Gasteiger partial charge in [0.15, 0.2) is 5.96 Å². The lowest BCUT2D eigenvalue weighted by atomic mass is 10.0. The number of guanidine groups is 1. The van der Waals surface area contributed by atoms with Gasteiger partial charge in [0.1, 0.15) is 0 Å². The average Bonchev–Trinajstić information content (AvgIpc) is 2.74. The highest BCUT2D eigenvalue weighted by atomic mass is 16.5. The van der Waals surface area contributed by atoms with Gasteiger partial charge in [-0.15, -0.1) is 0 Å². The fraction of sp³-hybridized carbons (Fsp3) is 0.696. The second-order valence-corrected chi connectivity index (χ2v) is 8.45. The Bertz CT molecular complexity index is 617. The van der Waals surface area contributed by atoms with Gasteiger partial charge >= 0.3 is 0 Å². The second-order valence-electron chi connectivity index (χ2n) is 8.45. The minimum Gasteiger partial charge on any atom is -0.379 e. The summed E-state index contributed by atoms with van der Waals surface area (Å²) in [7, 11) is 0. The SMILES string of the molecule is CCNC(=NCc1ccc(CN2CCOCC2)cc1)NC1CCN(C(C)C)CC1. The molecule has 0 aromatic heterocycles. The zero-order chi connectivity index (χ0) is 20.5. The quantitative estimate of drug-likeness (QED) is 0.543. The van der Waals surface area contributed by atoms with Crippen LogP contribution in [0.2, 0.25) is 0 Å². The van der Waals surface area contributed by atoms with Crippen LogP contribution in [0.4, 0.5) is 0 Å². The van der Waals surface area contributed by atoms with Crippen molar-refractivity contribution in [3.8, 4) is 0 Å². The van der Waals surface area contributed by atoms with Crippen LogP contribution in [0, 0.1) is 0 Å². The maximum atomic E-state index is 5.43. The number of aliphatic imine (C=N–C) groups is 1. The van der Waals surface area contributed by atoms with Crippen molar-refractivity contribution in [2.24, 2.45) is 4.99 Å². The molecule has 1 aromatic rings. The summed E-state index contributed by atoms with van der Waals surface area (Å²) in [4.78, 5) is 9.84. The lowest BCUT2D eigenvalue weighted by Gasteiger charge is -2.35. The van der Waals surface area contributed by atoms with E-state index in [1.165, 1.54) is 37.1 Å². The van der Waals surface area contributed by atoms with Gasteiger partial charge in [-0.25, -0.2) is 4.99 Å². The summed E-state index contributed by atoms with van der Waals surface area (Å²) >= 11 is 0. The van der Waals surface area contributed by atoms with Gasteiger partial charge in [-0.3, -0.25) is 4.90 Å². The number of piperidine rings is 1. The van der Waals surface area contributed by atoms with Gasteiger partial charge in [-0.1, -0.05) is 24.3 Å². The summed E-state index contributed by atoms with van der Waals surface area (Å²) in [6, 6.07) is 10.1. The van der Waals surface area contributed by atoms with E-state index < -0.39 is 0 Å². The third-order valence-corrected chi connectivity index (χ3v) is 5.90. The highest BCUT2D eigenvalue weighted by molar-refractivity contribution is 5.80. The molecule has 2 heterocycles. The average molecular weight is 402 g/mol. The number of likely N-dealkylation sites (tertiary alicyclic amines) is 1. The summed E-state index contributed by atoms with van der Waals surface area (Å²) in [6.07, 6.45) is 2.36. The molecule has 0 aliphatic carbocycles. The first-order chi connectivity index (χ1) is 14.1. The Balaban J connectivity index is 1.49. The standard InChI is InChI=1S/C23H39N5O/c1-4-24-23(26-22-9-11-28(12-10-22)19(2)3)25-17-20-5-7-21(8-6-20)18-27-13-15-29-16-14-27/h5-8,19,22H,4,9-18H2,1-3H3,(H2,24,25,26). The molecule has 1 aromatic carbocycles. The molecule has 2 aliphatic rings. The monoisotopic (exact) mass is 401 g/mol. The highest BCUT2D eigenvalue weighted by Crippen LogP contribution is 2.13. The lowest BCUT2D eigenvalue weighted by Crippen LogP contribution is -2.49. The molecule has 6 nitrogen and oxygen atoms in total. The van der Waals surface area contributed by atoms with E-state index in [0.717, 1.165) is 45.4 Å². The minimum atomic E-state index is 0.513. The number of nitrogens with one attached hydrogen (secondary N) is 2. The normalized spacial score (nSPS) is 20.2. The maximum absolute atomic E-state index is 5.43. The Labute approximate surface area is 176 Å². The largest absolute Gasteiger partial charge is 0.379 e. The van der Waals surface area contributed by atoms with E-state index in [0.29, 0.717) is 18.6 Å². The van der Waals surface area contributed by atoms with Crippen molar-refractivity contribution in [1.82, 2.24) is 20.4 Å². The molecule has 0 bridgehead atoms. The highest BCUT2D eigenvalue weighted by Gasteiger charge is 2.21. The number of nitrogens with zero attached hydrogens (tertiary/aromatic N) is 3. The van der Waals surface area contributed by atoms with Crippen LogP contribution in [0.3, 0.4) is 0 Å². The number of ether oxygens (including phenoxy) is 1. The molecule has 0 unspecified atom stereocenters. The zero-order valence-corrected chi connectivity index (χ0v) is 18.5. The molecule has 6 heteroatoms. The van der Waals surface area contributed by atoms with Crippen LogP contribution in [-0.4, -0.2) is 73.8 Å². The zero-order valence-electron chi connectivity index (χ0n) is 18.5. The Morgan fingerprint density at radius 1 is 1.07 bits per heavy atom. The van der Waals surface area contributed by atoms with Crippen molar-refractivity contribution >= 4 is 5.96 Å². The predicted octanol–water partition coefficient (Wildman–Crippen LogP) is 2.45. The summed E-state index contributed by atoms with van der Waals surface area (Å²) in [5.74, 6) is 0.938.